The van der Waals surface area contributed by atoms with Crippen LogP contribution in [0.25, 0.3) is 10.8 Å². The maximum Gasteiger partial charge on any atom is 0.490 e. The van der Waals surface area contributed by atoms with Crippen molar-refractivity contribution in [1.29, 1.82) is 0 Å². The van der Waals surface area contributed by atoms with Gasteiger partial charge in [0.15, 0.2) is 21.3 Å². The van der Waals surface area contributed by atoms with E-state index >= 15 is 0 Å². The highest BCUT2D eigenvalue weighted by Gasteiger charge is 2.46. The van der Waals surface area contributed by atoms with E-state index in [4.69, 9.17) is 29.8 Å². The molecule has 4 N–H and O–H groups in total. The second-order valence-electron chi connectivity index (χ2n) is 13.3. The number of esters is 1. The molecule has 0 radical (unpaired) electrons. The fourth-order valence-corrected chi connectivity index (χ4v) is 7.59. The van der Waals surface area contributed by atoms with E-state index in [-0.39, 0.29) is 23.5 Å². The number of fused-ring (bicyclic) bond motifs is 1. The fraction of sp³-hybridized carbons (Fsp3) is 0.385. The number of sulfone groups is 1. The lowest BCUT2D eigenvalue weighted by atomic mass is 9.93. The molecule has 5 rings (SSSR count). The summed E-state index contributed by atoms with van der Waals surface area (Å²) in [6.45, 7) is 9.50. The average molecular weight is 803 g/mol. The number of carboxylic acid groups (broad SMARTS) is 1. The Morgan fingerprint density at radius 2 is 1.70 bits per heavy atom. The van der Waals surface area contributed by atoms with Gasteiger partial charge >= 0.3 is 18.1 Å². The van der Waals surface area contributed by atoms with Gasteiger partial charge in [0.2, 0.25) is 5.91 Å². The molecule has 0 spiro atoms. The second kappa shape index (κ2) is 17.9. The van der Waals surface area contributed by atoms with Gasteiger partial charge in [-0.15, -0.1) is 0 Å². The van der Waals surface area contributed by atoms with Gasteiger partial charge in [0, 0.05) is 23.8 Å². The van der Waals surface area contributed by atoms with E-state index in [1.165, 1.54) is 13.2 Å². The lowest BCUT2D eigenvalue weighted by Crippen LogP contribution is -2.40. The molecule has 1 aliphatic heterocycles. The number of carbonyl (C=O) groups is 3. The van der Waals surface area contributed by atoms with Crippen LogP contribution in [0.3, 0.4) is 0 Å². The standard InChI is InChI=1S/C37H44N4O7S.C2HF3O2/c1-7-47-31-21-25(12-15-30(31)48-22(2)3)33(40-26-13-14-27-24(20-26)16-18-39-35(27)38)36(42)41-19-17-29(37(43)46-6)34(41)28-10-8-9-11-32(28)49(44,45)23(4)5;3-2(4,5)1(6)7/h8-16,18,20-23,29,33-34,40H,7,17,19H2,1-6H3,(H2,38,39);(H,6,7). The van der Waals surface area contributed by atoms with Crippen molar-refractivity contribution in [2.45, 2.75) is 75.5 Å². The number of pyridine rings is 1. The van der Waals surface area contributed by atoms with E-state index in [1.807, 2.05) is 45.0 Å². The van der Waals surface area contributed by atoms with E-state index in [0.29, 0.717) is 47.2 Å². The Balaban J connectivity index is 0.000000908. The summed E-state index contributed by atoms with van der Waals surface area (Å²) in [5.74, 6) is -3.01. The molecule has 4 aromatic rings. The molecule has 0 saturated carbocycles. The maximum atomic E-state index is 15.0. The number of halogens is 3. The third kappa shape index (κ3) is 9.80. The number of nitrogen functional groups attached to an aromatic ring is 1. The summed E-state index contributed by atoms with van der Waals surface area (Å²) in [6.07, 6.45) is -3.28. The number of benzene rings is 3. The second-order valence-corrected chi connectivity index (χ2v) is 15.8. The first kappa shape index (κ1) is 43.2. The summed E-state index contributed by atoms with van der Waals surface area (Å²) >= 11 is 0. The Morgan fingerprint density at radius 3 is 2.30 bits per heavy atom. The molecule has 3 unspecified atom stereocenters. The van der Waals surface area contributed by atoms with Gasteiger partial charge in [0.25, 0.3) is 0 Å². The lowest BCUT2D eigenvalue weighted by molar-refractivity contribution is -0.192. The lowest BCUT2D eigenvalue weighted by Gasteiger charge is -2.33. The number of hydrogen-bond acceptors (Lipinski definition) is 11. The first-order chi connectivity index (χ1) is 26.3. The minimum absolute atomic E-state index is 0.0858. The molecular weight excluding hydrogens is 758 g/mol. The van der Waals surface area contributed by atoms with Crippen LogP contribution in [0.1, 0.15) is 64.3 Å². The van der Waals surface area contributed by atoms with Gasteiger partial charge in [-0.1, -0.05) is 24.3 Å². The molecular formula is C39H45F3N4O9S. The van der Waals surface area contributed by atoms with Gasteiger partial charge in [0.1, 0.15) is 11.9 Å². The van der Waals surface area contributed by atoms with Gasteiger partial charge in [-0.3, -0.25) is 9.59 Å². The fourth-order valence-electron chi connectivity index (χ4n) is 6.30. The average Bonchev–Trinajstić information content (AvgIpc) is 3.59. The highest BCUT2D eigenvalue weighted by atomic mass is 32.2. The largest absolute Gasteiger partial charge is 0.490 e. The summed E-state index contributed by atoms with van der Waals surface area (Å²) in [4.78, 5) is 43.0. The summed E-state index contributed by atoms with van der Waals surface area (Å²) in [7, 11) is -2.48. The number of aliphatic carboxylic acids is 1. The van der Waals surface area contributed by atoms with Crippen molar-refractivity contribution in [2.75, 3.05) is 31.3 Å². The van der Waals surface area contributed by atoms with Gasteiger partial charge < -0.3 is 35.3 Å². The summed E-state index contributed by atoms with van der Waals surface area (Å²) < 4.78 is 76.1. The number of likely N-dealkylation sites (tertiary alicyclic amines) is 1. The highest BCUT2D eigenvalue weighted by Crippen LogP contribution is 2.43. The zero-order valence-electron chi connectivity index (χ0n) is 31.7. The molecule has 1 aliphatic rings. The number of nitrogens with one attached hydrogen (secondary N) is 1. The number of nitrogens with two attached hydrogens (primary N) is 1. The number of carbonyl (C=O) groups excluding carboxylic acids is 2. The van der Waals surface area contributed by atoms with Crippen molar-refractivity contribution < 1.29 is 55.3 Å². The van der Waals surface area contributed by atoms with Crippen LogP contribution in [-0.2, 0) is 29.0 Å². The molecule has 3 atom stereocenters. The first-order valence-corrected chi connectivity index (χ1v) is 19.2. The smallest absolute Gasteiger partial charge is 0.490 e. The quantitative estimate of drug-likeness (QED) is 0.128. The number of alkyl halides is 3. The molecule has 0 bridgehead atoms. The number of nitrogens with zero attached hydrogens (tertiary/aromatic N) is 2. The Hall–Kier alpha value is -5.58. The predicted octanol–water partition coefficient (Wildman–Crippen LogP) is 6.73. The van der Waals surface area contributed by atoms with Crippen molar-refractivity contribution in [1.82, 2.24) is 9.88 Å². The van der Waals surface area contributed by atoms with Crippen molar-refractivity contribution in [3.05, 3.63) is 84.1 Å². The molecule has 302 valence electrons. The van der Waals surface area contributed by atoms with Crippen LogP contribution >= 0.6 is 0 Å². The van der Waals surface area contributed by atoms with Gasteiger partial charge in [0.05, 0.1) is 41.9 Å². The van der Waals surface area contributed by atoms with Crippen LogP contribution < -0.4 is 20.5 Å². The number of amides is 1. The summed E-state index contributed by atoms with van der Waals surface area (Å²) in [6, 6.07) is 17.4. The van der Waals surface area contributed by atoms with E-state index in [2.05, 4.69) is 10.3 Å². The normalized spacial score (nSPS) is 16.2. The molecule has 17 heteroatoms. The third-order valence-electron chi connectivity index (χ3n) is 8.91. The molecule has 56 heavy (non-hydrogen) atoms. The number of rotatable bonds is 12. The maximum absolute atomic E-state index is 15.0. The third-order valence-corrected chi connectivity index (χ3v) is 11.1. The molecule has 1 aromatic heterocycles. The molecule has 1 saturated heterocycles. The number of aromatic nitrogens is 1. The van der Waals surface area contributed by atoms with Crippen LogP contribution in [0.4, 0.5) is 24.7 Å². The van der Waals surface area contributed by atoms with Crippen LogP contribution in [0, 0.1) is 5.92 Å². The number of hydrogen-bond donors (Lipinski definition) is 3. The predicted molar refractivity (Wildman–Crippen MR) is 203 cm³/mol. The summed E-state index contributed by atoms with van der Waals surface area (Å²) in [5, 5.41) is 11.4. The minimum Gasteiger partial charge on any atom is -0.490 e. The minimum atomic E-state index is -5.08. The first-order valence-electron chi connectivity index (χ1n) is 17.7. The van der Waals surface area contributed by atoms with E-state index in [1.54, 1.807) is 61.3 Å². The number of anilines is 2. The zero-order chi connectivity index (χ0) is 41.5. The molecule has 3 aromatic carbocycles. The van der Waals surface area contributed by atoms with Crippen LogP contribution in [0.5, 0.6) is 11.5 Å². The Labute approximate surface area is 322 Å². The Bertz CT molecular complexity index is 2160. The number of carboxylic acids is 1. The monoisotopic (exact) mass is 802 g/mol. The Morgan fingerprint density at radius 1 is 1.02 bits per heavy atom. The van der Waals surface area contributed by atoms with Crippen molar-refractivity contribution >= 4 is 50.0 Å². The Kier molecular flexibility index (Phi) is 13.8. The molecule has 1 fully saturated rings. The van der Waals surface area contributed by atoms with E-state index < -0.39 is 51.2 Å². The van der Waals surface area contributed by atoms with Gasteiger partial charge in [-0.05, 0) is 100 Å². The van der Waals surface area contributed by atoms with Crippen LogP contribution in [0.2, 0.25) is 0 Å². The van der Waals surface area contributed by atoms with E-state index in [0.717, 1.165) is 10.8 Å². The summed E-state index contributed by atoms with van der Waals surface area (Å²) in [5.41, 5.74) is 7.71. The van der Waals surface area contributed by atoms with Crippen molar-refractivity contribution in [3.8, 4) is 11.5 Å². The van der Waals surface area contributed by atoms with E-state index in [9.17, 15) is 31.2 Å². The van der Waals surface area contributed by atoms with Gasteiger partial charge in [-0.2, -0.15) is 13.2 Å². The topological polar surface area (TPSA) is 187 Å². The van der Waals surface area contributed by atoms with Gasteiger partial charge in [-0.25, -0.2) is 18.2 Å². The number of methoxy groups -OCH3 is 1. The number of ether oxygens (including phenoxy) is 3. The molecule has 1 amide bonds. The van der Waals surface area contributed by atoms with Crippen molar-refractivity contribution in [2.24, 2.45) is 5.92 Å². The highest BCUT2D eigenvalue weighted by molar-refractivity contribution is 7.92. The zero-order valence-corrected chi connectivity index (χ0v) is 32.5. The molecule has 0 aliphatic carbocycles. The molecule has 2 heterocycles. The SMILES string of the molecule is CCOc1cc(C(Nc2ccc3c(N)nccc3c2)C(=O)N2CCC(C(=O)OC)C2c2ccccc2S(=O)(=O)C(C)C)ccc1OC(C)C.O=C(O)C(F)(F)F. The van der Waals surface area contributed by atoms with Crippen molar-refractivity contribution in [3.63, 3.8) is 0 Å². The molecule has 13 nitrogen and oxygen atoms in total. The van der Waals surface area contributed by atoms with Crippen LogP contribution in [0.15, 0.2) is 77.8 Å². The van der Waals surface area contributed by atoms with Crippen LogP contribution in [-0.4, -0.2) is 79.0 Å².